The zero-order valence-corrected chi connectivity index (χ0v) is 12.1. The highest BCUT2D eigenvalue weighted by Gasteiger charge is 2.26. The van der Waals surface area contributed by atoms with Gasteiger partial charge in [-0.1, -0.05) is 6.07 Å². The Bertz CT molecular complexity index is 736. The molecule has 0 bridgehead atoms. The Morgan fingerprint density at radius 1 is 1.38 bits per heavy atom. The lowest BCUT2D eigenvalue weighted by molar-refractivity contribution is 0.591. The van der Waals surface area contributed by atoms with Gasteiger partial charge in [0.15, 0.2) is 0 Å². The standard InChI is InChI=1S/C13H15FN4O2S/c1-2-18(11-5-3-4-10(14)8-11)21(19,20)13-9-16-7-6-12(13)17-15/h3-9H,2,15H2,1H3,(H,16,17). The van der Waals surface area contributed by atoms with Crippen LogP contribution in [-0.4, -0.2) is 19.9 Å². The summed E-state index contributed by atoms with van der Waals surface area (Å²) >= 11 is 0. The molecule has 0 saturated carbocycles. The first kappa shape index (κ1) is 15.2. The van der Waals surface area contributed by atoms with Crippen LogP contribution in [0, 0.1) is 5.82 Å². The van der Waals surface area contributed by atoms with Crippen LogP contribution in [0.5, 0.6) is 0 Å². The van der Waals surface area contributed by atoms with Gasteiger partial charge in [0.2, 0.25) is 0 Å². The van der Waals surface area contributed by atoms with Gasteiger partial charge in [-0.3, -0.25) is 15.1 Å². The van der Waals surface area contributed by atoms with E-state index in [9.17, 15) is 12.8 Å². The predicted octanol–water partition coefficient (Wildman–Crippen LogP) is 1.72. The van der Waals surface area contributed by atoms with Gasteiger partial charge in [0.25, 0.3) is 10.0 Å². The van der Waals surface area contributed by atoms with Crippen molar-refractivity contribution >= 4 is 21.4 Å². The Balaban J connectivity index is 2.55. The van der Waals surface area contributed by atoms with Crippen molar-refractivity contribution in [1.29, 1.82) is 0 Å². The van der Waals surface area contributed by atoms with Crippen LogP contribution in [0.25, 0.3) is 0 Å². The van der Waals surface area contributed by atoms with Crippen molar-refractivity contribution in [3.8, 4) is 0 Å². The van der Waals surface area contributed by atoms with Crippen molar-refractivity contribution in [2.45, 2.75) is 11.8 Å². The van der Waals surface area contributed by atoms with Crippen molar-refractivity contribution < 1.29 is 12.8 Å². The Labute approximate surface area is 122 Å². The second-order valence-corrected chi connectivity index (χ2v) is 6.00. The molecule has 0 saturated heterocycles. The molecule has 112 valence electrons. The second kappa shape index (κ2) is 6.06. The average Bonchev–Trinajstić information content (AvgIpc) is 2.47. The molecular weight excluding hydrogens is 295 g/mol. The van der Waals surface area contributed by atoms with Crippen LogP contribution in [0.2, 0.25) is 0 Å². The lowest BCUT2D eigenvalue weighted by atomic mass is 10.3. The zero-order chi connectivity index (χ0) is 15.5. The molecule has 0 aliphatic rings. The van der Waals surface area contributed by atoms with E-state index in [0.29, 0.717) is 0 Å². The number of hydrogen-bond donors (Lipinski definition) is 2. The topological polar surface area (TPSA) is 88.3 Å². The third-order valence-electron chi connectivity index (χ3n) is 2.89. The van der Waals surface area contributed by atoms with Crippen LogP contribution in [0.15, 0.2) is 47.6 Å². The molecule has 0 fully saturated rings. The van der Waals surface area contributed by atoms with Crippen molar-refractivity contribution in [2.75, 3.05) is 16.3 Å². The first-order valence-corrected chi connectivity index (χ1v) is 7.63. The Kier molecular flexibility index (Phi) is 4.39. The largest absolute Gasteiger partial charge is 0.323 e. The van der Waals surface area contributed by atoms with E-state index in [2.05, 4.69) is 10.4 Å². The number of aromatic nitrogens is 1. The lowest BCUT2D eigenvalue weighted by Gasteiger charge is -2.23. The van der Waals surface area contributed by atoms with Crippen LogP contribution >= 0.6 is 0 Å². The average molecular weight is 310 g/mol. The number of benzene rings is 1. The van der Waals surface area contributed by atoms with E-state index in [1.54, 1.807) is 6.92 Å². The molecule has 0 spiro atoms. The lowest BCUT2D eigenvalue weighted by Crippen LogP contribution is -2.31. The molecule has 0 amide bonds. The summed E-state index contributed by atoms with van der Waals surface area (Å²) in [5.41, 5.74) is 2.79. The summed E-state index contributed by atoms with van der Waals surface area (Å²) < 4.78 is 39.9. The van der Waals surface area contributed by atoms with Gasteiger partial charge in [-0.2, -0.15) is 0 Å². The highest BCUT2D eigenvalue weighted by Crippen LogP contribution is 2.27. The maximum Gasteiger partial charge on any atom is 0.267 e. The smallest absolute Gasteiger partial charge is 0.267 e. The number of halogens is 1. The van der Waals surface area contributed by atoms with Crippen molar-refractivity contribution in [3.05, 3.63) is 48.5 Å². The number of anilines is 2. The van der Waals surface area contributed by atoms with E-state index in [0.717, 1.165) is 10.4 Å². The molecule has 1 aromatic heterocycles. The molecule has 6 nitrogen and oxygen atoms in total. The molecule has 21 heavy (non-hydrogen) atoms. The molecular formula is C13H15FN4O2S. The summed E-state index contributed by atoms with van der Waals surface area (Å²) in [5.74, 6) is 4.82. The third-order valence-corrected chi connectivity index (χ3v) is 4.82. The van der Waals surface area contributed by atoms with E-state index >= 15 is 0 Å². The highest BCUT2D eigenvalue weighted by atomic mass is 32.2. The van der Waals surface area contributed by atoms with Gasteiger partial charge in [0.05, 0.1) is 11.4 Å². The van der Waals surface area contributed by atoms with Crippen molar-refractivity contribution in [1.82, 2.24) is 4.98 Å². The second-order valence-electron chi connectivity index (χ2n) is 4.17. The number of nitrogens with one attached hydrogen (secondary N) is 1. The summed E-state index contributed by atoms with van der Waals surface area (Å²) in [4.78, 5) is 3.74. The van der Waals surface area contributed by atoms with E-state index in [1.165, 1.54) is 36.7 Å². The Hall–Kier alpha value is -2.19. The van der Waals surface area contributed by atoms with Crippen molar-refractivity contribution in [2.24, 2.45) is 5.84 Å². The summed E-state index contributed by atoms with van der Waals surface area (Å²) in [6.45, 7) is 1.80. The van der Waals surface area contributed by atoms with Gasteiger partial charge < -0.3 is 5.43 Å². The van der Waals surface area contributed by atoms with Gasteiger partial charge in [-0.05, 0) is 31.2 Å². The van der Waals surface area contributed by atoms with E-state index in [4.69, 9.17) is 5.84 Å². The fourth-order valence-corrected chi connectivity index (χ4v) is 3.51. The molecule has 2 aromatic rings. The van der Waals surface area contributed by atoms with Crippen LogP contribution < -0.4 is 15.6 Å². The number of sulfonamides is 1. The number of rotatable bonds is 5. The van der Waals surface area contributed by atoms with Gasteiger partial charge in [0, 0.05) is 18.9 Å². The first-order valence-electron chi connectivity index (χ1n) is 6.19. The molecule has 2 rings (SSSR count). The number of nitrogens with zero attached hydrogens (tertiary/aromatic N) is 2. The number of nitrogens with two attached hydrogens (primary N) is 1. The maximum atomic E-state index is 13.3. The molecule has 1 aromatic carbocycles. The van der Waals surface area contributed by atoms with E-state index in [1.807, 2.05) is 0 Å². The first-order chi connectivity index (χ1) is 10.0. The number of hydrazine groups is 1. The molecule has 0 atom stereocenters. The fraction of sp³-hybridized carbons (Fsp3) is 0.154. The SMILES string of the molecule is CCN(c1cccc(F)c1)S(=O)(=O)c1cnccc1NN. The molecule has 3 N–H and O–H groups in total. The van der Waals surface area contributed by atoms with Gasteiger partial charge in [0.1, 0.15) is 10.7 Å². The fourth-order valence-electron chi connectivity index (χ4n) is 1.95. The summed E-state index contributed by atoms with van der Waals surface area (Å²) in [7, 11) is -3.90. The third kappa shape index (κ3) is 2.96. The van der Waals surface area contributed by atoms with Crippen LogP contribution in [0.4, 0.5) is 15.8 Å². The van der Waals surface area contributed by atoms with Crippen LogP contribution in [-0.2, 0) is 10.0 Å². The summed E-state index contributed by atoms with van der Waals surface area (Å²) in [6.07, 6.45) is 2.62. The Morgan fingerprint density at radius 3 is 2.76 bits per heavy atom. The summed E-state index contributed by atoms with van der Waals surface area (Å²) in [5, 5.41) is 0. The number of pyridine rings is 1. The minimum atomic E-state index is -3.90. The number of nitrogen functional groups attached to an aromatic ring is 1. The van der Waals surface area contributed by atoms with Gasteiger partial charge >= 0.3 is 0 Å². The van der Waals surface area contributed by atoms with E-state index < -0.39 is 15.8 Å². The van der Waals surface area contributed by atoms with Gasteiger partial charge in [-0.15, -0.1) is 0 Å². The van der Waals surface area contributed by atoms with E-state index in [-0.39, 0.29) is 22.8 Å². The predicted molar refractivity (Wildman–Crippen MR) is 78.7 cm³/mol. The highest BCUT2D eigenvalue weighted by molar-refractivity contribution is 7.93. The normalized spacial score (nSPS) is 11.2. The maximum absolute atomic E-state index is 13.3. The van der Waals surface area contributed by atoms with Crippen LogP contribution in [0.1, 0.15) is 6.92 Å². The molecule has 1 heterocycles. The summed E-state index contributed by atoms with van der Waals surface area (Å²) in [6, 6.07) is 6.84. The molecule has 8 heteroatoms. The zero-order valence-electron chi connectivity index (χ0n) is 11.3. The quantitative estimate of drug-likeness (QED) is 0.648. The molecule has 0 unspecified atom stereocenters. The van der Waals surface area contributed by atoms with Crippen LogP contribution in [0.3, 0.4) is 0 Å². The minimum Gasteiger partial charge on any atom is -0.323 e. The van der Waals surface area contributed by atoms with Gasteiger partial charge in [-0.25, -0.2) is 12.8 Å². The molecule has 0 aliphatic heterocycles. The number of hydrogen-bond acceptors (Lipinski definition) is 5. The monoisotopic (exact) mass is 310 g/mol. The molecule has 0 radical (unpaired) electrons. The van der Waals surface area contributed by atoms with Crippen molar-refractivity contribution in [3.63, 3.8) is 0 Å². The Morgan fingerprint density at radius 2 is 2.14 bits per heavy atom. The molecule has 0 aliphatic carbocycles. The minimum absolute atomic E-state index is 0.0707.